The number of pyridine rings is 1. The van der Waals surface area contributed by atoms with E-state index in [-0.39, 0.29) is 11.3 Å². The maximum atomic E-state index is 12.5. The van der Waals surface area contributed by atoms with E-state index in [4.69, 9.17) is 19.8 Å². The van der Waals surface area contributed by atoms with Crippen molar-refractivity contribution in [3.63, 3.8) is 0 Å². The van der Waals surface area contributed by atoms with Crippen LogP contribution in [0.25, 0.3) is 10.9 Å². The molecule has 0 bridgehead atoms. The smallest absolute Gasteiger partial charge is 0.252 e. The van der Waals surface area contributed by atoms with E-state index in [1.165, 1.54) is 6.20 Å². The van der Waals surface area contributed by atoms with Gasteiger partial charge in [0.1, 0.15) is 0 Å². The van der Waals surface area contributed by atoms with Gasteiger partial charge in [-0.25, -0.2) is 4.21 Å². The number of anilines is 2. The lowest BCUT2D eigenvalue weighted by Gasteiger charge is -2.19. The second kappa shape index (κ2) is 14.1. The van der Waals surface area contributed by atoms with E-state index in [0.717, 1.165) is 34.4 Å². The molecule has 1 heterocycles. The number of fused-ring (bicyclic) bond motifs is 1. The number of carbonyl (C=O) groups is 1. The van der Waals surface area contributed by atoms with Crippen molar-refractivity contribution in [2.75, 3.05) is 18.5 Å². The Balaban J connectivity index is 1.63. The summed E-state index contributed by atoms with van der Waals surface area (Å²) in [6, 6.07) is 17.4. The highest BCUT2D eigenvalue weighted by Crippen LogP contribution is 2.38. The van der Waals surface area contributed by atoms with Crippen LogP contribution in [0.5, 0.6) is 11.5 Å². The number of nitrogens with zero attached hydrogens (tertiary/aromatic N) is 1. The number of ether oxygens (including phenoxy) is 2. The minimum atomic E-state index is -1.85. The summed E-state index contributed by atoms with van der Waals surface area (Å²) in [5, 5.41) is 7.69. The Hall–Kier alpha value is -3.99. The van der Waals surface area contributed by atoms with Crippen molar-refractivity contribution in [1.29, 1.82) is 0 Å². The van der Waals surface area contributed by atoms with E-state index >= 15 is 0 Å². The van der Waals surface area contributed by atoms with Crippen LogP contribution in [0.2, 0.25) is 0 Å². The number of aromatic nitrogens is 1. The first kappa shape index (κ1) is 30.0. The van der Waals surface area contributed by atoms with Gasteiger partial charge in [-0.1, -0.05) is 43.3 Å². The lowest BCUT2D eigenvalue weighted by molar-refractivity contribution is 0.100. The third-order valence-corrected chi connectivity index (χ3v) is 7.22. The molecule has 41 heavy (non-hydrogen) atoms. The van der Waals surface area contributed by atoms with E-state index in [1.807, 2.05) is 62.4 Å². The molecule has 4 rings (SSSR count). The SMILES string of the molecule is CCOc1cc2ncc(C(N)=O)c(Nc3cccc(CNCc4ccc(CS(=O)O)cc4)c3CC)c2cc1OCC. The Bertz CT molecular complexity index is 1540. The summed E-state index contributed by atoms with van der Waals surface area (Å²) in [4.78, 5) is 16.9. The molecule has 4 aromatic rings. The Morgan fingerprint density at radius 1 is 0.976 bits per heavy atom. The molecule has 1 aromatic heterocycles. The molecular formula is C31H36N4O5S. The van der Waals surface area contributed by atoms with Crippen LogP contribution in [0, 0.1) is 0 Å². The maximum Gasteiger partial charge on any atom is 0.252 e. The number of rotatable bonds is 14. The molecule has 0 radical (unpaired) electrons. The summed E-state index contributed by atoms with van der Waals surface area (Å²) < 4.78 is 31.7. The van der Waals surface area contributed by atoms with Crippen LogP contribution in [0.4, 0.5) is 11.4 Å². The molecule has 0 saturated heterocycles. The van der Waals surface area contributed by atoms with E-state index in [9.17, 15) is 9.00 Å². The molecule has 3 aromatic carbocycles. The normalized spacial score (nSPS) is 11.8. The van der Waals surface area contributed by atoms with Gasteiger partial charge in [0.25, 0.3) is 5.91 Å². The van der Waals surface area contributed by atoms with Crippen molar-refractivity contribution in [3.05, 3.63) is 88.6 Å². The van der Waals surface area contributed by atoms with Crippen LogP contribution in [-0.2, 0) is 36.3 Å². The fourth-order valence-electron chi connectivity index (χ4n) is 4.77. The predicted octanol–water partition coefficient (Wildman–Crippen LogP) is 5.45. The third-order valence-electron chi connectivity index (χ3n) is 6.64. The summed E-state index contributed by atoms with van der Waals surface area (Å²) in [5.74, 6) is 0.700. The number of hydrogen-bond acceptors (Lipinski definition) is 7. The van der Waals surface area contributed by atoms with Gasteiger partial charge in [0, 0.05) is 36.4 Å². The summed E-state index contributed by atoms with van der Waals surface area (Å²) in [5.41, 5.74) is 12.3. The molecule has 5 N–H and O–H groups in total. The minimum Gasteiger partial charge on any atom is -0.490 e. The highest BCUT2D eigenvalue weighted by atomic mass is 32.2. The molecule has 1 unspecified atom stereocenters. The first-order chi connectivity index (χ1) is 19.8. The quantitative estimate of drug-likeness (QED) is 0.146. The van der Waals surface area contributed by atoms with E-state index < -0.39 is 17.0 Å². The highest BCUT2D eigenvalue weighted by Gasteiger charge is 2.18. The molecule has 1 amide bonds. The van der Waals surface area contributed by atoms with Crippen LogP contribution < -0.4 is 25.8 Å². The Morgan fingerprint density at radius 2 is 1.66 bits per heavy atom. The number of primary amides is 1. The summed E-state index contributed by atoms with van der Waals surface area (Å²) in [6.07, 6.45) is 2.25. The molecule has 10 heteroatoms. The first-order valence-electron chi connectivity index (χ1n) is 13.6. The van der Waals surface area contributed by atoms with Gasteiger partial charge in [-0.3, -0.25) is 9.78 Å². The monoisotopic (exact) mass is 576 g/mol. The zero-order valence-corrected chi connectivity index (χ0v) is 24.3. The lowest BCUT2D eigenvalue weighted by Crippen LogP contribution is -2.16. The maximum absolute atomic E-state index is 12.5. The summed E-state index contributed by atoms with van der Waals surface area (Å²) in [6.45, 7) is 8.12. The molecule has 0 aliphatic heterocycles. The van der Waals surface area contributed by atoms with Gasteiger partial charge in [0.05, 0.1) is 35.7 Å². The molecule has 0 spiro atoms. The van der Waals surface area contributed by atoms with Gasteiger partial charge < -0.3 is 30.4 Å². The van der Waals surface area contributed by atoms with Gasteiger partial charge in [0.15, 0.2) is 22.6 Å². The second-order valence-corrected chi connectivity index (χ2v) is 10.3. The average Bonchev–Trinajstić information content (AvgIpc) is 2.94. The first-order valence-corrected chi connectivity index (χ1v) is 14.9. The van der Waals surface area contributed by atoms with Crippen molar-refractivity contribution in [1.82, 2.24) is 10.3 Å². The molecule has 0 saturated carbocycles. The van der Waals surface area contributed by atoms with Crippen LogP contribution in [0.3, 0.4) is 0 Å². The summed E-state index contributed by atoms with van der Waals surface area (Å²) in [7, 11) is 0. The van der Waals surface area contributed by atoms with Crippen LogP contribution >= 0.6 is 0 Å². The van der Waals surface area contributed by atoms with Gasteiger partial charge in [-0.05, 0) is 54.7 Å². The van der Waals surface area contributed by atoms with Crippen molar-refractivity contribution < 1.29 is 23.0 Å². The fraction of sp³-hybridized carbons (Fsp3) is 0.290. The predicted molar refractivity (Wildman–Crippen MR) is 163 cm³/mol. The van der Waals surface area contributed by atoms with Gasteiger partial charge in [-0.15, -0.1) is 0 Å². The van der Waals surface area contributed by atoms with E-state index in [1.54, 1.807) is 0 Å². The van der Waals surface area contributed by atoms with Gasteiger partial charge in [0.2, 0.25) is 0 Å². The molecule has 0 aliphatic carbocycles. The van der Waals surface area contributed by atoms with Crippen LogP contribution in [0.15, 0.2) is 60.8 Å². The average molecular weight is 577 g/mol. The number of benzene rings is 3. The Morgan fingerprint density at radius 3 is 2.29 bits per heavy atom. The second-order valence-electron chi connectivity index (χ2n) is 9.40. The Kier molecular flexibility index (Phi) is 10.3. The van der Waals surface area contributed by atoms with Gasteiger partial charge >= 0.3 is 0 Å². The zero-order chi connectivity index (χ0) is 29.4. The molecule has 0 aliphatic rings. The number of hydrogen-bond donors (Lipinski definition) is 4. The lowest BCUT2D eigenvalue weighted by atomic mass is 10.0. The van der Waals surface area contributed by atoms with Crippen LogP contribution in [0.1, 0.15) is 53.4 Å². The molecule has 216 valence electrons. The number of amides is 1. The minimum absolute atomic E-state index is 0.123. The molecular weight excluding hydrogens is 540 g/mol. The van der Waals surface area contributed by atoms with Crippen LogP contribution in [-0.4, -0.2) is 32.9 Å². The standard InChI is InChI=1S/C31H36N4O5S/c1-4-23-22(17-33-16-20-10-12-21(13-11-20)19-41(37)38)8-7-9-26(23)35-30-24-14-28(39-5-2)29(40-6-3)15-27(24)34-18-25(30)31(32)36/h7-15,18,33H,4-6,16-17,19H2,1-3H3,(H2,32,36)(H,34,35)(H,37,38). The fourth-order valence-corrected chi connectivity index (χ4v) is 5.24. The largest absolute Gasteiger partial charge is 0.490 e. The summed E-state index contributed by atoms with van der Waals surface area (Å²) >= 11 is -1.85. The van der Waals surface area contributed by atoms with Crippen molar-refractivity contribution in [2.45, 2.75) is 46.0 Å². The third kappa shape index (κ3) is 7.40. The van der Waals surface area contributed by atoms with Crippen molar-refractivity contribution in [2.24, 2.45) is 5.73 Å². The number of nitrogens with one attached hydrogen (secondary N) is 2. The van der Waals surface area contributed by atoms with E-state index in [0.29, 0.717) is 54.4 Å². The Labute approximate surface area is 242 Å². The van der Waals surface area contributed by atoms with E-state index in [2.05, 4.69) is 28.6 Å². The molecule has 9 nitrogen and oxygen atoms in total. The molecule has 1 atom stereocenters. The zero-order valence-electron chi connectivity index (χ0n) is 23.5. The number of nitrogens with two attached hydrogens (primary N) is 1. The molecule has 0 fully saturated rings. The topological polar surface area (TPSA) is 136 Å². The number of carbonyl (C=O) groups excluding carboxylic acids is 1. The van der Waals surface area contributed by atoms with Crippen molar-refractivity contribution in [3.8, 4) is 11.5 Å². The van der Waals surface area contributed by atoms with Crippen molar-refractivity contribution >= 4 is 39.3 Å². The highest BCUT2D eigenvalue weighted by molar-refractivity contribution is 7.78. The van der Waals surface area contributed by atoms with Gasteiger partial charge in [-0.2, -0.15) is 0 Å².